The molecule has 1 N–H and O–H groups in total. The highest BCUT2D eigenvalue weighted by molar-refractivity contribution is 7.18. The van der Waals surface area contributed by atoms with Crippen molar-refractivity contribution < 1.29 is 5.11 Å². The number of hydrogen-bond acceptors (Lipinski definition) is 3. The Morgan fingerprint density at radius 3 is 3.00 bits per heavy atom. The van der Waals surface area contributed by atoms with Gasteiger partial charge in [0.05, 0.1) is 21.3 Å². The van der Waals surface area contributed by atoms with E-state index in [9.17, 15) is 5.11 Å². The van der Waals surface area contributed by atoms with Crippen LogP contribution < -0.4 is 0 Å². The number of aliphatic hydroxyl groups is 1. The highest BCUT2D eigenvalue weighted by Crippen LogP contribution is 2.32. The van der Waals surface area contributed by atoms with Crippen LogP contribution >= 0.6 is 11.3 Å². The number of hydrogen-bond donors (Lipinski definition) is 1. The molecule has 1 aromatic carbocycles. The first-order chi connectivity index (χ1) is 9.22. The number of fused-ring (bicyclic) bond motifs is 1. The van der Waals surface area contributed by atoms with E-state index in [1.54, 1.807) is 11.3 Å². The monoisotopic (exact) mass is 275 g/mol. The van der Waals surface area contributed by atoms with Gasteiger partial charge in [0.15, 0.2) is 0 Å². The summed E-state index contributed by atoms with van der Waals surface area (Å²) in [5.41, 5.74) is 1.06. The molecule has 3 rings (SSSR count). The minimum Gasteiger partial charge on any atom is -0.392 e. The molecule has 0 amide bonds. The van der Waals surface area contributed by atoms with Gasteiger partial charge in [0.2, 0.25) is 0 Å². The van der Waals surface area contributed by atoms with Gasteiger partial charge in [-0.05, 0) is 36.8 Å². The lowest BCUT2D eigenvalue weighted by atomic mass is 9.79. The van der Waals surface area contributed by atoms with Crippen molar-refractivity contribution in [2.75, 3.05) is 0 Å². The zero-order valence-corrected chi connectivity index (χ0v) is 12.2. The fourth-order valence-corrected chi connectivity index (χ4v) is 4.20. The molecule has 1 saturated carbocycles. The molecule has 1 aliphatic carbocycles. The second-order valence-corrected chi connectivity index (χ2v) is 6.99. The maximum atomic E-state index is 10.4. The van der Waals surface area contributed by atoms with Crippen molar-refractivity contribution in [2.24, 2.45) is 11.8 Å². The molecule has 0 bridgehead atoms. The predicted octanol–water partition coefficient (Wildman–Crippen LogP) is 4.03. The number of aliphatic hydroxyl groups excluding tert-OH is 1. The van der Waals surface area contributed by atoms with Crippen molar-refractivity contribution in [1.82, 2.24) is 4.98 Å². The van der Waals surface area contributed by atoms with Crippen LogP contribution in [0.25, 0.3) is 10.2 Å². The Balaban J connectivity index is 1.69. The maximum absolute atomic E-state index is 10.4. The second kappa shape index (κ2) is 5.59. The number of benzene rings is 1. The van der Waals surface area contributed by atoms with Crippen LogP contribution in [-0.4, -0.2) is 16.2 Å². The molecule has 1 heterocycles. The van der Waals surface area contributed by atoms with Crippen LogP contribution in [0, 0.1) is 11.8 Å². The van der Waals surface area contributed by atoms with Gasteiger partial charge in [-0.15, -0.1) is 11.3 Å². The van der Waals surface area contributed by atoms with Crippen LogP contribution in [0.4, 0.5) is 0 Å². The van der Waals surface area contributed by atoms with Crippen molar-refractivity contribution in [2.45, 2.75) is 45.1 Å². The van der Waals surface area contributed by atoms with Gasteiger partial charge in [0.25, 0.3) is 0 Å². The van der Waals surface area contributed by atoms with Gasteiger partial charge < -0.3 is 5.11 Å². The Hall–Kier alpha value is -0.930. The molecule has 3 unspecified atom stereocenters. The van der Waals surface area contributed by atoms with E-state index < -0.39 is 0 Å². The normalized spacial score (nSPS) is 25.6. The molecule has 1 fully saturated rings. The Bertz CT molecular complexity index is 517. The molecule has 0 spiro atoms. The van der Waals surface area contributed by atoms with Gasteiger partial charge in [-0.1, -0.05) is 31.9 Å². The van der Waals surface area contributed by atoms with E-state index in [1.165, 1.54) is 30.4 Å². The summed E-state index contributed by atoms with van der Waals surface area (Å²) in [6, 6.07) is 8.21. The summed E-state index contributed by atoms with van der Waals surface area (Å²) in [5, 5.41) is 11.5. The Labute approximate surface area is 118 Å². The van der Waals surface area contributed by atoms with E-state index in [2.05, 4.69) is 18.0 Å². The molecular weight excluding hydrogens is 254 g/mol. The summed E-state index contributed by atoms with van der Waals surface area (Å²) in [4.78, 5) is 4.63. The SMILES string of the molecule is CC1CCCC(C(O)Cc2nc3ccccc3s2)C1. The lowest BCUT2D eigenvalue weighted by Crippen LogP contribution is -2.27. The minimum absolute atomic E-state index is 0.219. The fraction of sp³-hybridized carbons (Fsp3) is 0.562. The minimum atomic E-state index is -0.219. The largest absolute Gasteiger partial charge is 0.392 e. The summed E-state index contributed by atoms with van der Waals surface area (Å²) in [7, 11) is 0. The summed E-state index contributed by atoms with van der Waals surface area (Å²) in [5.74, 6) is 1.24. The van der Waals surface area contributed by atoms with Gasteiger partial charge >= 0.3 is 0 Å². The van der Waals surface area contributed by atoms with Gasteiger partial charge in [-0.25, -0.2) is 4.98 Å². The highest BCUT2D eigenvalue weighted by Gasteiger charge is 2.26. The fourth-order valence-electron chi connectivity index (χ4n) is 3.18. The average Bonchev–Trinajstić information content (AvgIpc) is 2.80. The molecule has 2 aromatic rings. The zero-order valence-electron chi connectivity index (χ0n) is 11.4. The summed E-state index contributed by atoms with van der Waals surface area (Å²) in [6.45, 7) is 2.30. The standard InChI is InChI=1S/C16H21NOS/c1-11-5-4-6-12(9-11)14(18)10-16-17-13-7-2-3-8-15(13)19-16/h2-3,7-8,11-12,14,18H,4-6,9-10H2,1H3. The molecule has 102 valence electrons. The van der Waals surface area contributed by atoms with Crippen molar-refractivity contribution in [3.05, 3.63) is 29.3 Å². The molecular formula is C16H21NOS. The van der Waals surface area contributed by atoms with Crippen LogP contribution in [0.2, 0.25) is 0 Å². The van der Waals surface area contributed by atoms with Crippen molar-refractivity contribution in [3.63, 3.8) is 0 Å². The Morgan fingerprint density at radius 2 is 2.21 bits per heavy atom. The number of rotatable bonds is 3. The van der Waals surface area contributed by atoms with E-state index in [0.717, 1.165) is 22.9 Å². The van der Waals surface area contributed by atoms with Crippen molar-refractivity contribution >= 4 is 21.6 Å². The second-order valence-electron chi connectivity index (χ2n) is 5.88. The molecule has 2 nitrogen and oxygen atoms in total. The number of nitrogens with zero attached hydrogens (tertiary/aromatic N) is 1. The molecule has 3 heteroatoms. The van der Waals surface area contributed by atoms with Crippen LogP contribution in [-0.2, 0) is 6.42 Å². The third-order valence-corrected chi connectivity index (χ3v) is 5.30. The first-order valence-electron chi connectivity index (χ1n) is 7.25. The first kappa shape index (κ1) is 13.1. The number of thiazole rings is 1. The predicted molar refractivity (Wildman–Crippen MR) is 80.5 cm³/mol. The molecule has 0 saturated heterocycles. The summed E-state index contributed by atoms with van der Waals surface area (Å²) < 4.78 is 1.22. The zero-order chi connectivity index (χ0) is 13.2. The van der Waals surface area contributed by atoms with E-state index in [4.69, 9.17) is 0 Å². The Morgan fingerprint density at radius 1 is 1.37 bits per heavy atom. The molecule has 1 aromatic heterocycles. The number of para-hydroxylation sites is 1. The van der Waals surface area contributed by atoms with Crippen LogP contribution in [0.5, 0.6) is 0 Å². The van der Waals surface area contributed by atoms with Gasteiger partial charge in [-0.3, -0.25) is 0 Å². The third kappa shape index (κ3) is 2.98. The molecule has 3 atom stereocenters. The summed E-state index contributed by atoms with van der Waals surface area (Å²) >= 11 is 1.72. The molecule has 0 aliphatic heterocycles. The molecule has 1 aliphatic rings. The van der Waals surface area contributed by atoms with Gasteiger partial charge in [0.1, 0.15) is 0 Å². The van der Waals surface area contributed by atoms with Crippen molar-refractivity contribution in [1.29, 1.82) is 0 Å². The first-order valence-corrected chi connectivity index (χ1v) is 8.06. The maximum Gasteiger partial charge on any atom is 0.0964 e. The summed E-state index contributed by atoms with van der Waals surface area (Å²) in [6.07, 6.45) is 5.44. The van der Waals surface area contributed by atoms with Crippen LogP contribution in [0.1, 0.15) is 37.6 Å². The highest BCUT2D eigenvalue weighted by atomic mass is 32.1. The molecule has 19 heavy (non-hydrogen) atoms. The average molecular weight is 275 g/mol. The lowest BCUT2D eigenvalue weighted by Gasteiger charge is -2.30. The molecule has 0 radical (unpaired) electrons. The smallest absolute Gasteiger partial charge is 0.0964 e. The van der Waals surface area contributed by atoms with E-state index >= 15 is 0 Å². The lowest BCUT2D eigenvalue weighted by molar-refractivity contribution is 0.0720. The van der Waals surface area contributed by atoms with Crippen LogP contribution in [0.3, 0.4) is 0 Å². The van der Waals surface area contributed by atoms with Gasteiger partial charge in [0, 0.05) is 6.42 Å². The quantitative estimate of drug-likeness (QED) is 0.917. The van der Waals surface area contributed by atoms with Crippen molar-refractivity contribution in [3.8, 4) is 0 Å². The van der Waals surface area contributed by atoms with Gasteiger partial charge in [-0.2, -0.15) is 0 Å². The number of aromatic nitrogens is 1. The topological polar surface area (TPSA) is 33.1 Å². The Kier molecular flexibility index (Phi) is 3.85. The van der Waals surface area contributed by atoms with Crippen LogP contribution in [0.15, 0.2) is 24.3 Å². The third-order valence-electron chi connectivity index (χ3n) is 4.24. The van der Waals surface area contributed by atoms with E-state index in [-0.39, 0.29) is 6.10 Å². The van der Waals surface area contributed by atoms with E-state index in [1.807, 2.05) is 18.2 Å². The van der Waals surface area contributed by atoms with E-state index in [0.29, 0.717) is 5.92 Å².